The van der Waals surface area contributed by atoms with Crippen LogP contribution in [0.25, 0.3) is 0 Å². The summed E-state index contributed by atoms with van der Waals surface area (Å²) in [6, 6.07) is 1.51. The third kappa shape index (κ3) is 3.67. The highest BCUT2D eigenvalue weighted by Crippen LogP contribution is 2.33. The van der Waals surface area contributed by atoms with Crippen LogP contribution in [0.15, 0.2) is 0 Å². The molecule has 0 aliphatic heterocycles. The van der Waals surface area contributed by atoms with E-state index in [1.165, 1.54) is 57.8 Å². The quantitative estimate of drug-likeness (QED) is 0.774. The van der Waals surface area contributed by atoms with Gasteiger partial charge in [0.05, 0.1) is 4.99 Å². The standard InChI is InChI=1S/C15H28N2S/c1-2-12-7-9-14(10-8-12)17(11-15(16)18)13-5-3-4-6-13/h12-14H,2-11H2,1H3,(H2,16,18). The van der Waals surface area contributed by atoms with E-state index < -0.39 is 0 Å². The summed E-state index contributed by atoms with van der Waals surface area (Å²) in [6.07, 6.45) is 12.4. The molecule has 0 amide bonds. The second-order valence-corrected chi connectivity index (χ2v) is 6.68. The Kier molecular flexibility index (Phi) is 5.43. The minimum absolute atomic E-state index is 0.680. The Labute approximate surface area is 117 Å². The first-order valence-corrected chi connectivity index (χ1v) is 8.15. The molecule has 2 N–H and O–H groups in total. The van der Waals surface area contributed by atoms with Crippen LogP contribution in [0.1, 0.15) is 64.7 Å². The summed E-state index contributed by atoms with van der Waals surface area (Å²) in [7, 11) is 0. The van der Waals surface area contributed by atoms with Crippen LogP contribution in [-0.4, -0.2) is 28.5 Å². The van der Waals surface area contributed by atoms with E-state index in [4.69, 9.17) is 18.0 Å². The SMILES string of the molecule is CCC1CCC(N(CC(N)=S)C2CCCC2)CC1. The number of hydrogen-bond donors (Lipinski definition) is 1. The van der Waals surface area contributed by atoms with Crippen molar-refractivity contribution < 1.29 is 0 Å². The molecule has 0 bridgehead atoms. The van der Waals surface area contributed by atoms with E-state index >= 15 is 0 Å². The Hall–Kier alpha value is -0.150. The van der Waals surface area contributed by atoms with E-state index in [0.29, 0.717) is 4.99 Å². The molecule has 18 heavy (non-hydrogen) atoms. The molecule has 0 unspecified atom stereocenters. The van der Waals surface area contributed by atoms with Crippen molar-refractivity contribution in [3.8, 4) is 0 Å². The van der Waals surface area contributed by atoms with Gasteiger partial charge in [-0.2, -0.15) is 0 Å². The van der Waals surface area contributed by atoms with Crippen LogP contribution in [0.5, 0.6) is 0 Å². The summed E-state index contributed by atoms with van der Waals surface area (Å²) in [5, 5.41) is 0. The number of hydrogen-bond acceptors (Lipinski definition) is 2. The van der Waals surface area contributed by atoms with E-state index in [1.54, 1.807) is 0 Å². The van der Waals surface area contributed by atoms with Gasteiger partial charge in [-0.25, -0.2) is 0 Å². The van der Waals surface area contributed by atoms with E-state index in [9.17, 15) is 0 Å². The lowest BCUT2D eigenvalue weighted by molar-refractivity contribution is 0.109. The Balaban J connectivity index is 1.93. The fourth-order valence-electron chi connectivity index (χ4n) is 3.86. The third-order valence-electron chi connectivity index (χ3n) is 4.99. The van der Waals surface area contributed by atoms with Crippen molar-refractivity contribution in [3.05, 3.63) is 0 Å². The third-order valence-corrected chi connectivity index (χ3v) is 5.12. The first kappa shape index (κ1) is 14.3. The fraction of sp³-hybridized carbons (Fsp3) is 0.933. The number of rotatable bonds is 5. The zero-order valence-corrected chi connectivity index (χ0v) is 12.6. The lowest BCUT2D eigenvalue weighted by Gasteiger charge is -2.40. The molecule has 0 aromatic heterocycles. The molecule has 2 saturated carbocycles. The van der Waals surface area contributed by atoms with Crippen LogP contribution in [0.4, 0.5) is 0 Å². The van der Waals surface area contributed by atoms with E-state index in [2.05, 4.69) is 11.8 Å². The molecule has 0 aromatic carbocycles. The number of nitrogens with two attached hydrogens (primary N) is 1. The molecule has 0 aromatic rings. The summed E-state index contributed by atoms with van der Waals surface area (Å²) in [5.74, 6) is 0.969. The molecule has 2 aliphatic carbocycles. The first-order chi connectivity index (χ1) is 8.70. The molecule has 0 saturated heterocycles. The zero-order valence-electron chi connectivity index (χ0n) is 11.7. The highest BCUT2D eigenvalue weighted by molar-refractivity contribution is 7.80. The van der Waals surface area contributed by atoms with E-state index in [0.717, 1.165) is 24.5 Å². The van der Waals surface area contributed by atoms with Crippen LogP contribution < -0.4 is 5.73 Å². The summed E-state index contributed by atoms with van der Waals surface area (Å²) >= 11 is 5.16. The highest BCUT2D eigenvalue weighted by atomic mass is 32.1. The molecule has 0 spiro atoms. The Morgan fingerprint density at radius 2 is 1.61 bits per heavy atom. The maximum atomic E-state index is 5.81. The highest BCUT2D eigenvalue weighted by Gasteiger charge is 2.31. The smallest absolute Gasteiger partial charge is 0.0870 e. The molecule has 2 aliphatic rings. The molecule has 2 rings (SSSR count). The van der Waals surface area contributed by atoms with Crippen LogP contribution >= 0.6 is 12.2 Å². The zero-order chi connectivity index (χ0) is 13.0. The van der Waals surface area contributed by atoms with Crippen molar-refractivity contribution in [2.75, 3.05) is 6.54 Å². The molecular formula is C15H28N2S. The summed E-state index contributed by atoms with van der Waals surface area (Å²) in [4.78, 5) is 3.33. The normalized spacial score (nSPS) is 29.9. The van der Waals surface area contributed by atoms with Crippen LogP contribution in [-0.2, 0) is 0 Å². The van der Waals surface area contributed by atoms with E-state index in [1.807, 2.05) is 0 Å². The molecule has 2 fully saturated rings. The van der Waals surface area contributed by atoms with Gasteiger partial charge in [0.15, 0.2) is 0 Å². The topological polar surface area (TPSA) is 29.3 Å². The molecule has 104 valence electrons. The van der Waals surface area contributed by atoms with E-state index in [-0.39, 0.29) is 0 Å². The molecule has 0 heterocycles. The van der Waals surface area contributed by atoms with Crippen molar-refractivity contribution in [3.63, 3.8) is 0 Å². The minimum atomic E-state index is 0.680. The monoisotopic (exact) mass is 268 g/mol. The van der Waals surface area contributed by atoms with Crippen LogP contribution in [0.2, 0.25) is 0 Å². The van der Waals surface area contributed by atoms with Crippen molar-refractivity contribution in [1.29, 1.82) is 0 Å². The summed E-state index contributed by atoms with van der Waals surface area (Å²) < 4.78 is 0. The van der Waals surface area contributed by atoms with Crippen molar-refractivity contribution in [2.45, 2.75) is 76.8 Å². The summed E-state index contributed by atoms with van der Waals surface area (Å²) in [5.41, 5.74) is 5.81. The second-order valence-electron chi connectivity index (χ2n) is 6.16. The second kappa shape index (κ2) is 6.85. The van der Waals surface area contributed by atoms with Crippen molar-refractivity contribution >= 4 is 17.2 Å². The predicted octanol–water partition coefficient (Wildman–Crippen LogP) is 3.49. The molecule has 3 heteroatoms. The van der Waals surface area contributed by atoms with Gasteiger partial charge in [0.1, 0.15) is 0 Å². The van der Waals surface area contributed by atoms with Gasteiger partial charge in [0.2, 0.25) is 0 Å². The lowest BCUT2D eigenvalue weighted by atomic mass is 9.83. The average Bonchev–Trinajstić information content (AvgIpc) is 2.89. The minimum Gasteiger partial charge on any atom is -0.392 e. The van der Waals surface area contributed by atoms with Gasteiger partial charge >= 0.3 is 0 Å². The van der Waals surface area contributed by atoms with Gasteiger partial charge in [0.25, 0.3) is 0 Å². The largest absolute Gasteiger partial charge is 0.392 e. The van der Waals surface area contributed by atoms with Gasteiger partial charge < -0.3 is 5.73 Å². The van der Waals surface area contributed by atoms with Crippen molar-refractivity contribution in [1.82, 2.24) is 4.90 Å². The Bertz CT molecular complexity index is 266. The molecule has 0 atom stereocenters. The first-order valence-electron chi connectivity index (χ1n) is 7.74. The number of thiocarbonyl (C=S) groups is 1. The maximum Gasteiger partial charge on any atom is 0.0870 e. The maximum absolute atomic E-state index is 5.81. The molecule has 0 radical (unpaired) electrons. The Morgan fingerprint density at radius 1 is 1.06 bits per heavy atom. The average molecular weight is 268 g/mol. The molecular weight excluding hydrogens is 240 g/mol. The van der Waals surface area contributed by atoms with Gasteiger partial charge in [-0.15, -0.1) is 0 Å². The number of nitrogens with zero attached hydrogens (tertiary/aromatic N) is 1. The fourth-order valence-corrected chi connectivity index (χ4v) is 4.01. The van der Waals surface area contributed by atoms with Crippen molar-refractivity contribution in [2.24, 2.45) is 11.7 Å². The van der Waals surface area contributed by atoms with Gasteiger partial charge in [0, 0.05) is 18.6 Å². The van der Waals surface area contributed by atoms with Gasteiger partial charge in [-0.05, 0) is 44.4 Å². The predicted molar refractivity (Wildman–Crippen MR) is 81.8 cm³/mol. The summed E-state index contributed by atoms with van der Waals surface area (Å²) in [6.45, 7) is 3.18. The van der Waals surface area contributed by atoms with Crippen LogP contribution in [0, 0.1) is 5.92 Å². The molecule has 2 nitrogen and oxygen atoms in total. The Morgan fingerprint density at radius 3 is 2.11 bits per heavy atom. The van der Waals surface area contributed by atoms with Gasteiger partial charge in [-0.3, -0.25) is 4.90 Å². The van der Waals surface area contributed by atoms with Gasteiger partial charge in [-0.1, -0.05) is 38.4 Å². The lowest BCUT2D eigenvalue weighted by Crippen LogP contribution is -2.47. The van der Waals surface area contributed by atoms with Crippen LogP contribution in [0.3, 0.4) is 0 Å².